The van der Waals surface area contributed by atoms with Gasteiger partial charge in [0.15, 0.2) is 0 Å². The molecule has 1 saturated heterocycles. The quantitative estimate of drug-likeness (QED) is 0.383. The lowest BCUT2D eigenvalue weighted by atomic mass is 10.1. The highest BCUT2D eigenvalue weighted by Gasteiger charge is 2.37. The van der Waals surface area contributed by atoms with E-state index >= 15 is 0 Å². The Bertz CT molecular complexity index is 1310. The molecule has 1 fully saturated rings. The number of halogens is 2. The van der Waals surface area contributed by atoms with E-state index in [4.69, 9.17) is 16.0 Å². The summed E-state index contributed by atoms with van der Waals surface area (Å²) >= 11 is 9.17. The smallest absolute Gasteiger partial charge is 0.337 e. The molecule has 0 atom stereocenters. The zero-order valence-electron chi connectivity index (χ0n) is 16.0. The average molecular weight is 516 g/mol. The number of benzene rings is 2. The number of nitrogens with zero attached hydrogens (tertiary/aromatic N) is 1. The van der Waals surface area contributed by atoms with Crippen molar-refractivity contribution in [2.75, 3.05) is 4.90 Å². The van der Waals surface area contributed by atoms with E-state index in [0.717, 1.165) is 9.37 Å². The number of hydrogen-bond acceptors (Lipinski definition) is 5. The number of barbiturate groups is 1. The van der Waals surface area contributed by atoms with Gasteiger partial charge in [-0.15, -0.1) is 0 Å². The van der Waals surface area contributed by atoms with Crippen molar-refractivity contribution in [3.05, 3.63) is 81.0 Å². The number of carbonyl (C=O) groups excluding carboxylic acids is 3. The SMILES string of the molecule is O=C1NC(=O)N(c2ccc(Br)cc2)C(=O)/C1=C\c1ccc(-c2ccc(Cl)c(C(=O)O)c2)o1. The van der Waals surface area contributed by atoms with Gasteiger partial charge in [-0.05, 0) is 60.7 Å². The van der Waals surface area contributed by atoms with E-state index in [0.29, 0.717) is 11.3 Å². The van der Waals surface area contributed by atoms with Crippen LogP contribution in [-0.4, -0.2) is 28.9 Å². The Kier molecular flexibility index (Phi) is 5.68. The number of carbonyl (C=O) groups is 4. The Hall–Kier alpha value is -3.69. The molecule has 1 aromatic heterocycles. The number of nitrogens with one attached hydrogen (secondary N) is 1. The maximum atomic E-state index is 12.9. The van der Waals surface area contributed by atoms with Crippen LogP contribution < -0.4 is 10.2 Å². The summed E-state index contributed by atoms with van der Waals surface area (Å²) in [5.41, 5.74) is 0.348. The van der Waals surface area contributed by atoms with E-state index in [-0.39, 0.29) is 27.6 Å². The summed E-state index contributed by atoms with van der Waals surface area (Å²) in [6, 6.07) is 13.0. The molecule has 0 radical (unpaired) electrons. The van der Waals surface area contributed by atoms with Crippen molar-refractivity contribution in [3.63, 3.8) is 0 Å². The highest BCUT2D eigenvalue weighted by molar-refractivity contribution is 9.10. The highest BCUT2D eigenvalue weighted by atomic mass is 79.9. The fourth-order valence-corrected chi connectivity index (χ4v) is 3.52. The van der Waals surface area contributed by atoms with E-state index < -0.39 is 23.8 Å². The number of aromatic carboxylic acids is 1. The third-order valence-corrected chi connectivity index (χ3v) is 5.44. The highest BCUT2D eigenvalue weighted by Crippen LogP contribution is 2.29. The van der Waals surface area contributed by atoms with Crippen LogP contribution in [0.1, 0.15) is 16.1 Å². The summed E-state index contributed by atoms with van der Waals surface area (Å²) in [6.45, 7) is 0. The molecule has 0 bridgehead atoms. The summed E-state index contributed by atoms with van der Waals surface area (Å²) in [5.74, 6) is -2.38. The fourth-order valence-electron chi connectivity index (χ4n) is 3.05. The number of amides is 4. The van der Waals surface area contributed by atoms with Crippen LogP contribution in [0.3, 0.4) is 0 Å². The first-order valence-electron chi connectivity index (χ1n) is 9.04. The minimum absolute atomic E-state index is 0.0809. The number of imide groups is 2. The van der Waals surface area contributed by atoms with Crippen molar-refractivity contribution in [3.8, 4) is 11.3 Å². The second-order valence-electron chi connectivity index (χ2n) is 6.64. The normalized spacial score (nSPS) is 15.2. The second kappa shape index (κ2) is 8.45. The molecule has 4 rings (SSSR count). The van der Waals surface area contributed by atoms with Gasteiger partial charge < -0.3 is 9.52 Å². The maximum absolute atomic E-state index is 12.9. The van der Waals surface area contributed by atoms with Crippen LogP contribution in [-0.2, 0) is 9.59 Å². The molecule has 8 nitrogen and oxygen atoms in total. The van der Waals surface area contributed by atoms with Crippen molar-refractivity contribution in [1.82, 2.24) is 5.32 Å². The molecule has 10 heteroatoms. The number of carboxylic acid groups (broad SMARTS) is 1. The van der Waals surface area contributed by atoms with Crippen LogP contribution in [0.2, 0.25) is 5.02 Å². The number of carboxylic acids is 1. The van der Waals surface area contributed by atoms with E-state index in [1.54, 1.807) is 36.4 Å². The molecule has 1 aliphatic heterocycles. The van der Waals surface area contributed by atoms with Gasteiger partial charge >= 0.3 is 12.0 Å². The predicted molar refractivity (Wildman–Crippen MR) is 119 cm³/mol. The molecule has 2 heterocycles. The topological polar surface area (TPSA) is 117 Å². The molecule has 2 aromatic carbocycles. The standard InChI is InChI=1S/C22H12BrClN2O6/c23-12-2-4-13(5-3-12)26-20(28)16(19(27)25-22(26)31)10-14-6-8-18(32-14)11-1-7-17(24)15(9-11)21(29)30/h1-10H,(H,29,30)(H,25,27,31)/b16-10-. The van der Waals surface area contributed by atoms with E-state index in [1.165, 1.54) is 24.3 Å². The van der Waals surface area contributed by atoms with Gasteiger partial charge in [-0.3, -0.25) is 14.9 Å². The number of anilines is 1. The van der Waals surface area contributed by atoms with E-state index in [2.05, 4.69) is 21.2 Å². The van der Waals surface area contributed by atoms with Gasteiger partial charge in [0.1, 0.15) is 17.1 Å². The third-order valence-electron chi connectivity index (χ3n) is 4.58. The summed E-state index contributed by atoms with van der Waals surface area (Å²) in [6.07, 6.45) is 1.22. The first kappa shape index (κ1) is 21.5. The van der Waals surface area contributed by atoms with Crippen LogP contribution in [0.15, 0.2) is 69.1 Å². The molecule has 0 saturated carbocycles. The summed E-state index contributed by atoms with van der Waals surface area (Å²) < 4.78 is 6.43. The number of urea groups is 1. The average Bonchev–Trinajstić information content (AvgIpc) is 3.21. The first-order chi connectivity index (χ1) is 15.2. The molecule has 3 aromatic rings. The van der Waals surface area contributed by atoms with Crippen LogP contribution in [0, 0.1) is 0 Å². The molecular formula is C22H12BrClN2O6. The Morgan fingerprint density at radius 2 is 1.78 bits per heavy atom. The van der Waals surface area contributed by atoms with Crippen molar-refractivity contribution < 1.29 is 28.7 Å². The fraction of sp³-hybridized carbons (Fsp3) is 0. The van der Waals surface area contributed by atoms with Crippen molar-refractivity contribution in [2.45, 2.75) is 0 Å². The Morgan fingerprint density at radius 3 is 2.47 bits per heavy atom. The largest absolute Gasteiger partial charge is 0.478 e. The van der Waals surface area contributed by atoms with Crippen LogP contribution in [0.5, 0.6) is 0 Å². The van der Waals surface area contributed by atoms with Gasteiger partial charge in [0.05, 0.1) is 16.3 Å². The Labute approximate surface area is 194 Å². The monoisotopic (exact) mass is 514 g/mol. The van der Waals surface area contributed by atoms with Gasteiger partial charge in [0.2, 0.25) is 0 Å². The lowest BCUT2D eigenvalue weighted by Gasteiger charge is -2.26. The number of rotatable bonds is 4. The van der Waals surface area contributed by atoms with Crippen LogP contribution >= 0.6 is 27.5 Å². The lowest BCUT2D eigenvalue weighted by Crippen LogP contribution is -2.54. The summed E-state index contributed by atoms with van der Waals surface area (Å²) in [4.78, 5) is 49.6. The molecule has 32 heavy (non-hydrogen) atoms. The molecular weight excluding hydrogens is 504 g/mol. The molecule has 4 amide bonds. The molecule has 0 unspecified atom stereocenters. The molecule has 0 spiro atoms. The maximum Gasteiger partial charge on any atom is 0.337 e. The number of hydrogen-bond donors (Lipinski definition) is 2. The molecule has 1 aliphatic rings. The number of furan rings is 1. The Morgan fingerprint density at radius 1 is 1.06 bits per heavy atom. The van der Waals surface area contributed by atoms with Gasteiger partial charge in [-0.2, -0.15) is 0 Å². The van der Waals surface area contributed by atoms with Gasteiger partial charge in [-0.1, -0.05) is 27.5 Å². The van der Waals surface area contributed by atoms with Crippen LogP contribution in [0.4, 0.5) is 10.5 Å². The second-order valence-corrected chi connectivity index (χ2v) is 7.96. The zero-order chi connectivity index (χ0) is 23.0. The molecule has 2 N–H and O–H groups in total. The van der Waals surface area contributed by atoms with E-state index in [9.17, 15) is 24.3 Å². The van der Waals surface area contributed by atoms with Gasteiger partial charge in [0, 0.05) is 10.0 Å². The summed E-state index contributed by atoms with van der Waals surface area (Å²) in [7, 11) is 0. The van der Waals surface area contributed by atoms with Gasteiger partial charge in [0.25, 0.3) is 11.8 Å². The first-order valence-corrected chi connectivity index (χ1v) is 10.2. The minimum Gasteiger partial charge on any atom is -0.478 e. The Balaban J connectivity index is 1.67. The predicted octanol–water partition coefficient (Wildman–Crippen LogP) is 4.73. The van der Waals surface area contributed by atoms with Crippen molar-refractivity contribution in [1.29, 1.82) is 0 Å². The molecule has 0 aliphatic carbocycles. The van der Waals surface area contributed by atoms with Gasteiger partial charge in [-0.25, -0.2) is 14.5 Å². The zero-order valence-corrected chi connectivity index (χ0v) is 18.3. The molecule has 160 valence electrons. The summed E-state index contributed by atoms with van der Waals surface area (Å²) in [5, 5.41) is 11.4. The van der Waals surface area contributed by atoms with Crippen molar-refractivity contribution in [2.24, 2.45) is 0 Å². The lowest BCUT2D eigenvalue weighted by molar-refractivity contribution is -0.122. The third kappa shape index (κ3) is 4.08. The minimum atomic E-state index is -1.19. The van der Waals surface area contributed by atoms with E-state index in [1.807, 2.05) is 0 Å². The van der Waals surface area contributed by atoms with Crippen LogP contribution in [0.25, 0.3) is 17.4 Å². The van der Waals surface area contributed by atoms with Crippen molar-refractivity contribution >= 4 is 63.1 Å².